The van der Waals surface area contributed by atoms with Crippen molar-refractivity contribution >= 4 is 23.6 Å². The Morgan fingerprint density at radius 2 is 1.91 bits per heavy atom. The van der Waals surface area contributed by atoms with Crippen molar-refractivity contribution < 1.29 is 19.1 Å². The van der Waals surface area contributed by atoms with Crippen LogP contribution in [0.4, 0.5) is 11.8 Å². The van der Waals surface area contributed by atoms with Crippen LogP contribution in [0.15, 0.2) is 30.9 Å². The molecule has 1 aliphatic heterocycles. The van der Waals surface area contributed by atoms with Crippen molar-refractivity contribution in [2.75, 3.05) is 37.9 Å². The predicted molar refractivity (Wildman–Crippen MR) is 119 cm³/mol. The van der Waals surface area contributed by atoms with Crippen LogP contribution in [0.1, 0.15) is 28.0 Å². The number of ether oxygens (including phenoxy) is 2. The van der Waals surface area contributed by atoms with E-state index in [-0.39, 0.29) is 29.0 Å². The molecular formula is C22H24N6O4. The van der Waals surface area contributed by atoms with Gasteiger partial charge in [0, 0.05) is 30.8 Å². The van der Waals surface area contributed by atoms with Gasteiger partial charge in [-0.15, -0.1) is 0 Å². The van der Waals surface area contributed by atoms with Crippen LogP contribution < -0.4 is 31.2 Å². The summed E-state index contributed by atoms with van der Waals surface area (Å²) >= 11 is 0. The van der Waals surface area contributed by atoms with Crippen LogP contribution in [-0.4, -0.2) is 55.1 Å². The van der Waals surface area contributed by atoms with E-state index in [1.807, 2.05) is 4.90 Å². The zero-order valence-corrected chi connectivity index (χ0v) is 17.8. The molecule has 0 spiro atoms. The second-order valence-electron chi connectivity index (χ2n) is 6.99. The predicted octanol–water partition coefficient (Wildman–Crippen LogP) is 0.456. The third-order valence-corrected chi connectivity index (χ3v) is 4.85. The van der Waals surface area contributed by atoms with E-state index >= 15 is 0 Å². The van der Waals surface area contributed by atoms with Crippen molar-refractivity contribution in [3.8, 4) is 23.3 Å². The highest BCUT2D eigenvalue weighted by atomic mass is 16.5. The maximum Gasteiger partial charge on any atom is 0.255 e. The van der Waals surface area contributed by atoms with Crippen molar-refractivity contribution in [3.05, 3.63) is 47.7 Å². The highest BCUT2D eigenvalue weighted by Crippen LogP contribution is 2.23. The minimum Gasteiger partial charge on any atom is -0.497 e. The van der Waals surface area contributed by atoms with E-state index in [0.29, 0.717) is 42.5 Å². The first-order valence-corrected chi connectivity index (χ1v) is 9.74. The molecule has 0 bridgehead atoms. The monoisotopic (exact) mass is 436 g/mol. The normalized spacial score (nSPS) is 14.8. The summed E-state index contributed by atoms with van der Waals surface area (Å²) < 4.78 is 10.5. The lowest BCUT2D eigenvalue weighted by molar-refractivity contribution is -0.117. The van der Waals surface area contributed by atoms with E-state index in [4.69, 9.17) is 20.9 Å². The van der Waals surface area contributed by atoms with E-state index in [1.165, 1.54) is 20.3 Å². The van der Waals surface area contributed by atoms with Gasteiger partial charge in [-0.25, -0.2) is 4.98 Å². The maximum absolute atomic E-state index is 12.0. The minimum atomic E-state index is -0.779. The van der Waals surface area contributed by atoms with Crippen molar-refractivity contribution in [1.29, 1.82) is 0 Å². The molecule has 5 N–H and O–H groups in total. The van der Waals surface area contributed by atoms with E-state index in [9.17, 15) is 9.59 Å². The second kappa shape index (κ2) is 9.70. The van der Waals surface area contributed by atoms with Crippen molar-refractivity contribution in [3.63, 3.8) is 0 Å². The lowest BCUT2D eigenvalue weighted by Crippen LogP contribution is -2.36. The third-order valence-electron chi connectivity index (χ3n) is 4.85. The number of carbonyl (C=O) groups excluding carboxylic acids is 2. The summed E-state index contributed by atoms with van der Waals surface area (Å²) in [7, 11) is 3.07. The van der Waals surface area contributed by atoms with Gasteiger partial charge in [-0.3, -0.25) is 9.59 Å². The van der Waals surface area contributed by atoms with E-state index in [1.54, 1.807) is 18.2 Å². The maximum atomic E-state index is 12.0. The molecule has 1 saturated heterocycles. The fraction of sp³-hybridized carbons (Fsp3) is 0.273. The van der Waals surface area contributed by atoms with Gasteiger partial charge >= 0.3 is 0 Å². The van der Waals surface area contributed by atoms with Gasteiger partial charge in [0.15, 0.2) is 0 Å². The zero-order chi connectivity index (χ0) is 23.3. The number of nitrogen functional groups attached to an aromatic ring is 1. The average molecular weight is 436 g/mol. The summed E-state index contributed by atoms with van der Waals surface area (Å²) in [5.41, 5.74) is 12.2. The topological polar surface area (TPSA) is 146 Å². The van der Waals surface area contributed by atoms with Gasteiger partial charge < -0.3 is 31.2 Å². The molecule has 1 aromatic carbocycles. The fourth-order valence-corrected chi connectivity index (χ4v) is 3.27. The zero-order valence-electron chi connectivity index (χ0n) is 17.8. The Kier molecular flexibility index (Phi) is 6.80. The first kappa shape index (κ1) is 22.4. The number of hydrogen-bond acceptors (Lipinski definition) is 8. The van der Waals surface area contributed by atoms with Gasteiger partial charge in [-0.1, -0.05) is 12.5 Å². The van der Waals surface area contributed by atoms with Crippen LogP contribution >= 0.6 is 0 Å². The third kappa shape index (κ3) is 5.07. The number of rotatable bonds is 6. The molecule has 2 aromatic rings. The highest BCUT2D eigenvalue weighted by Gasteiger charge is 2.27. The number of anilines is 2. The van der Waals surface area contributed by atoms with Crippen molar-refractivity contribution in [1.82, 2.24) is 15.3 Å². The first-order chi connectivity index (χ1) is 15.3. The molecule has 1 atom stereocenters. The van der Waals surface area contributed by atoms with Gasteiger partial charge in [-0.2, -0.15) is 4.98 Å². The smallest absolute Gasteiger partial charge is 0.255 e. The average Bonchev–Trinajstić information content (AvgIpc) is 3.24. The Morgan fingerprint density at radius 1 is 1.22 bits per heavy atom. The van der Waals surface area contributed by atoms with Crippen LogP contribution in [0, 0.1) is 11.8 Å². The van der Waals surface area contributed by atoms with Crippen LogP contribution in [0.2, 0.25) is 0 Å². The molecule has 1 aliphatic rings. The minimum absolute atomic E-state index is 0.0492. The molecule has 3 rings (SSSR count). The molecule has 166 valence electrons. The summed E-state index contributed by atoms with van der Waals surface area (Å²) in [6.45, 7) is 4.53. The Labute approximate surface area is 185 Å². The first-order valence-electron chi connectivity index (χ1n) is 9.74. The van der Waals surface area contributed by atoms with E-state index in [0.717, 1.165) is 0 Å². The number of nitrogens with two attached hydrogens (primary N) is 2. The number of amides is 2. The molecule has 0 unspecified atom stereocenters. The summed E-state index contributed by atoms with van der Waals surface area (Å²) in [5, 5.41) is 2.84. The van der Waals surface area contributed by atoms with Gasteiger partial charge in [0.1, 0.15) is 28.6 Å². The molecule has 2 amide bonds. The lowest BCUT2D eigenvalue weighted by atomic mass is 10.1. The SMILES string of the molecule is C=CC(=O)N[C@H]1CCN(c2nc(N)c(C(N)=O)c(C#Cc3cc(OC)cc(OC)c3)n2)C1. The molecule has 32 heavy (non-hydrogen) atoms. The Morgan fingerprint density at radius 3 is 2.50 bits per heavy atom. The molecule has 0 saturated carbocycles. The quantitative estimate of drug-likeness (QED) is 0.437. The molecule has 1 aromatic heterocycles. The summed E-state index contributed by atoms with van der Waals surface area (Å²) in [4.78, 5) is 34.1. The Bertz CT molecular complexity index is 1100. The number of carbonyl (C=O) groups is 2. The number of hydrogen-bond donors (Lipinski definition) is 3. The van der Waals surface area contributed by atoms with Gasteiger partial charge in [0.2, 0.25) is 11.9 Å². The number of primary amides is 1. The van der Waals surface area contributed by atoms with Crippen molar-refractivity contribution in [2.45, 2.75) is 12.5 Å². The molecular weight excluding hydrogens is 412 g/mol. The molecule has 2 heterocycles. The number of nitrogens with one attached hydrogen (secondary N) is 1. The summed E-state index contributed by atoms with van der Waals surface area (Å²) in [6, 6.07) is 5.08. The number of aromatic nitrogens is 2. The largest absolute Gasteiger partial charge is 0.497 e. The standard InChI is InChI=1S/C22H24N6O4/c1-4-18(29)25-14-7-8-28(12-14)22-26-17(19(21(24)30)20(23)27-22)6-5-13-9-15(31-2)11-16(10-13)32-3/h4,9-11,14H,1,7-8,12H2,2-3H3,(H2,24,30)(H,25,29)(H2,23,26,27)/t14-/m0/s1. The van der Waals surface area contributed by atoms with Crippen LogP contribution in [0.5, 0.6) is 11.5 Å². The second-order valence-corrected chi connectivity index (χ2v) is 6.99. The fourth-order valence-electron chi connectivity index (χ4n) is 3.27. The number of nitrogens with zero attached hydrogens (tertiary/aromatic N) is 3. The highest BCUT2D eigenvalue weighted by molar-refractivity contribution is 5.99. The molecule has 0 aliphatic carbocycles. The molecule has 10 heteroatoms. The Balaban J connectivity index is 1.96. The molecule has 1 fully saturated rings. The molecule has 0 radical (unpaired) electrons. The lowest BCUT2D eigenvalue weighted by Gasteiger charge is -2.18. The molecule has 10 nitrogen and oxygen atoms in total. The van der Waals surface area contributed by atoms with Crippen molar-refractivity contribution in [2.24, 2.45) is 5.73 Å². The van der Waals surface area contributed by atoms with Crippen LogP contribution in [-0.2, 0) is 4.79 Å². The van der Waals surface area contributed by atoms with Gasteiger partial charge in [0.25, 0.3) is 5.91 Å². The van der Waals surface area contributed by atoms with Gasteiger partial charge in [-0.05, 0) is 30.6 Å². The van der Waals surface area contributed by atoms with Crippen LogP contribution in [0.25, 0.3) is 0 Å². The van der Waals surface area contributed by atoms with Gasteiger partial charge in [0.05, 0.1) is 14.2 Å². The van der Waals surface area contributed by atoms with Crippen LogP contribution in [0.3, 0.4) is 0 Å². The summed E-state index contributed by atoms with van der Waals surface area (Å²) in [5.74, 6) is 6.16. The summed E-state index contributed by atoms with van der Waals surface area (Å²) in [6.07, 6.45) is 1.92. The van der Waals surface area contributed by atoms with E-state index < -0.39 is 5.91 Å². The number of benzene rings is 1. The van der Waals surface area contributed by atoms with E-state index in [2.05, 4.69) is 33.7 Å². The number of methoxy groups -OCH3 is 2. The Hall–Kier alpha value is -4.26.